The molecule has 54 heavy (non-hydrogen) atoms. The van der Waals surface area contributed by atoms with Crippen molar-refractivity contribution in [2.24, 2.45) is 0 Å². The zero-order valence-corrected chi connectivity index (χ0v) is 30.1. The summed E-state index contributed by atoms with van der Waals surface area (Å²) in [6.07, 6.45) is 0. The van der Waals surface area contributed by atoms with Gasteiger partial charge in [-0.25, -0.2) is 0 Å². The zero-order valence-electron chi connectivity index (χ0n) is 30.1. The highest BCUT2D eigenvalue weighted by atomic mass is 16.3. The molecule has 11 rings (SSSR count). The molecule has 0 unspecified atom stereocenters. The third kappa shape index (κ3) is 4.48. The monoisotopic (exact) mass is 692 g/mol. The fourth-order valence-electron chi connectivity index (χ4n) is 8.96. The van der Waals surface area contributed by atoms with Gasteiger partial charge in [-0.3, -0.25) is 0 Å². The maximum Gasteiger partial charge on any atom is 0.160 e. The minimum absolute atomic E-state index is 0.104. The Labute approximate surface area is 314 Å². The summed E-state index contributed by atoms with van der Waals surface area (Å²) in [7, 11) is 0. The molecule has 0 fully saturated rings. The molecule has 1 aliphatic rings. The van der Waals surface area contributed by atoms with Crippen molar-refractivity contribution in [2.45, 2.75) is 19.3 Å². The molecule has 1 aliphatic carbocycles. The second-order valence-corrected chi connectivity index (χ2v) is 15.0. The van der Waals surface area contributed by atoms with E-state index in [9.17, 15) is 0 Å². The summed E-state index contributed by atoms with van der Waals surface area (Å²) in [5, 5.41) is 4.66. The molecule has 3 heteroatoms. The number of aromatic nitrogens is 1. The molecule has 256 valence electrons. The van der Waals surface area contributed by atoms with E-state index in [1.54, 1.807) is 0 Å². The summed E-state index contributed by atoms with van der Waals surface area (Å²) in [6, 6.07) is 65.9. The maximum absolute atomic E-state index is 6.62. The quantitative estimate of drug-likeness (QED) is 0.179. The minimum atomic E-state index is -0.104. The molecular formula is C51H36N2O. The second-order valence-electron chi connectivity index (χ2n) is 15.0. The first-order valence-corrected chi connectivity index (χ1v) is 18.7. The van der Waals surface area contributed by atoms with Gasteiger partial charge in [0.15, 0.2) is 5.58 Å². The second kappa shape index (κ2) is 11.6. The Morgan fingerprint density at radius 3 is 1.89 bits per heavy atom. The molecule has 3 nitrogen and oxygen atoms in total. The average molecular weight is 693 g/mol. The number of benzene rings is 8. The number of para-hydroxylation sites is 2. The molecule has 0 radical (unpaired) electrons. The van der Waals surface area contributed by atoms with Crippen LogP contribution in [0.4, 0.5) is 17.1 Å². The molecule has 0 amide bonds. The van der Waals surface area contributed by atoms with Crippen molar-refractivity contribution in [3.05, 3.63) is 193 Å². The fraction of sp³-hybridized carbons (Fsp3) is 0.0588. The first-order valence-electron chi connectivity index (χ1n) is 18.7. The zero-order chi connectivity index (χ0) is 36.0. The van der Waals surface area contributed by atoms with Crippen LogP contribution in [0.15, 0.2) is 186 Å². The van der Waals surface area contributed by atoms with Gasteiger partial charge in [-0.05, 0) is 100 Å². The molecule has 0 spiro atoms. The van der Waals surface area contributed by atoms with Crippen LogP contribution in [-0.4, -0.2) is 4.57 Å². The predicted octanol–water partition coefficient (Wildman–Crippen LogP) is 14.1. The Morgan fingerprint density at radius 1 is 0.463 bits per heavy atom. The summed E-state index contributed by atoms with van der Waals surface area (Å²) < 4.78 is 8.99. The van der Waals surface area contributed by atoms with Gasteiger partial charge in [0.25, 0.3) is 0 Å². The van der Waals surface area contributed by atoms with Gasteiger partial charge in [0.1, 0.15) is 5.58 Å². The predicted molar refractivity (Wildman–Crippen MR) is 226 cm³/mol. The van der Waals surface area contributed by atoms with Gasteiger partial charge in [-0.1, -0.05) is 129 Å². The van der Waals surface area contributed by atoms with E-state index < -0.39 is 0 Å². The van der Waals surface area contributed by atoms with Gasteiger partial charge in [-0.15, -0.1) is 0 Å². The first kappa shape index (κ1) is 30.8. The Morgan fingerprint density at radius 2 is 1.07 bits per heavy atom. The Bertz CT molecular complexity index is 3060. The van der Waals surface area contributed by atoms with Crippen LogP contribution in [0, 0.1) is 0 Å². The van der Waals surface area contributed by atoms with Gasteiger partial charge in [0, 0.05) is 49.7 Å². The van der Waals surface area contributed by atoms with E-state index in [2.05, 4.69) is 199 Å². The molecule has 0 saturated carbocycles. The van der Waals surface area contributed by atoms with Crippen molar-refractivity contribution in [1.29, 1.82) is 0 Å². The maximum atomic E-state index is 6.62. The summed E-state index contributed by atoms with van der Waals surface area (Å²) in [6.45, 7) is 4.69. The number of anilines is 3. The molecule has 8 aromatic carbocycles. The van der Waals surface area contributed by atoms with Crippen LogP contribution in [0.3, 0.4) is 0 Å². The molecule has 2 heterocycles. The van der Waals surface area contributed by atoms with Gasteiger partial charge in [0.2, 0.25) is 0 Å². The van der Waals surface area contributed by atoms with Gasteiger partial charge in [-0.2, -0.15) is 0 Å². The van der Waals surface area contributed by atoms with E-state index >= 15 is 0 Å². The third-order valence-corrected chi connectivity index (χ3v) is 11.6. The standard InChI is InChI=1S/C51H36N2O/c1-51(2)45-17-9-6-14-39(45)40-29-28-38(32-46(40)51)52(35-22-20-34(21-23-35)33-12-4-3-5-13-33)36-24-26-37(27-25-36)53-47-18-10-7-15-41(47)43-30-31-44-42-16-8-11-19-48(42)54-50(44)49(43)53/h3-32H,1-2H3. The fourth-order valence-corrected chi connectivity index (χ4v) is 8.96. The van der Waals surface area contributed by atoms with Crippen molar-refractivity contribution < 1.29 is 4.42 Å². The van der Waals surface area contributed by atoms with Crippen molar-refractivity contribution in [1.82, 2.24) is 4.57 Å². The van der Waals surface area contributed by atoms with Crippen molar-refractivity contribution in [3.63, 3.8) is 0 Å². The molecule has 0 saturated heterocycles. The molecule has 0 N–H and O–H groups in total. The van der Waals surface area contributed by atoms with Crippen molar-refractivity contribution in [2.75, 3.05) is 4.90 Å². The van der Waals surface area contributed by atoms with E-state index in [0.717, 1.165) is 55.7 Å². The Hall–Kier alpha value is -6.84. The van der Waals surface area contributed by atoms with Gasteiger partial charge < -0.3 is 13.9 Å². The Kier molecular flexibility index (Phi) is 6.60. The highest BCUT2D eigenvalue weighted by molar-refractivity contribution is 6.21. The lowest BCUT2D eigenvalue weighted by molar-refractivity contribution is 0.660. The SMILES string of the molecule is CC1(C)c2ccccc2-c2ccc(N(c3ccc(-c4ccccc4)cc3)c3ccc(-n4c5ccccc5c5ccc6c7ccccc7oc6c54)cc3)cc21. The van der Waals surface area contributed by atoms with E-state index in [1.807, 2.05) is 6.07 Å². The molecule has 10 aromatic rings. The lowest BCUT2D eigenvalue weighted by atomic mass is 9.82. The van der Waals surface area contributed by atoms with Crippen LogP contribution in [0.5, 0.6) is 0 Å². The van der Waals surface area contributed by atoms with Crippen LogP contribution < -0.4 is 4.90 Å². The molecule has 2 aromatic heterocycles. The highest BCUT2D eigenvalue weighted by Gasteiger charge is 2.35. The summed E-state index contributed by atoms with van der Waals surface area (Å²) in [4.78, 5) is 2.39. The minimum Gasteiger partial charge on any atom is -0.454 e. The normalized spacial score (nSPS) is 13.1. The van der Waals surface area contributed by atoms with Crippen LogP contribution in [0.25, 0.3) is 71.7 Å². The number of nitrogens with zero attached hydrogens (tertiary/aromatic N) is 2. The van der Waals surface area contributed by atoms with Crippen LogP contribution in [0.2, 0.25) is 0 Å². The van der Waals surface area contributed by atoms with E-state index in [-0.39, 0.29) is 5.41 Å². The van der Waals surface area contributed by atoms with Crippen LogP contribution in [0.1, 0.15) is 25.0 Å². The van der Waals surface area contributed by atoms with Crippen molar-refractivity contribution in [3.8, 4) is 27.9 Å². The van der Waals surface area contributed by atoms with Gasteiger partial charge in [0.05, 0.1) is 11.0 Å². The van der Waals surface area contributed by atoms with Crippen LogP contribution in [-0.2, 0) is 5.41 Å². The Balaban J connectivity index is 1.08. The summed E-state index contributed by atoms with van der Waals surface area (Å²) in [5.74, 6) is 0. The molecule has 0 bridgehead atoms. The summed E-state index contributed by atoms with van der Waals surface area (Å²) >= 11 is 0. The van der Waals surface area contributed by atoms with E-state index in [4.69, 9.17) is 4.42 Å². The van der Waals surface area contributed by atoms with Crippen molar-refractivity contribution >= 4 is 60.8 Å². The molecule has 0 aliphatic heterocycles. The number of hydrogen-bond acceptors (Lipinski definition) is 2. The molecule has 0 atom stereocenters. The van der Waals surface area contributed by atoms with E-state index in [1.165, 1.54) is 44.2 Å². The third-order valence-electron chi connectivity index (χ3n) is 11.6. The van der Waals surface area contributed by atoms with E-state index in [0.29, 0.717) is 0 Å². The average Bonchev–Trinajstić information content (AvgIpc) is 3.85. The molecular weight excluding hydrogens is 657 g/mol. The largest absolute Gasteiger partial charge is 0.454 e. The summed E-state index contributed by atoms with van der Waals surface area (Å²) in [5.41, 5.74) is 16.2. The topological polar surface area (TPSA) is 21.3 Å². The van der Waals surface area contributed by atoms with Gasteiger partial charge >= 0.3 is 0 Å². The smallest absolute Gasteiger partial charge is 0.160 e. The number of fused-ring (bicyclic) bond motifs is 10. The lowest BCUT2D eigenvalue weighted by Gasteiger charge is -2.28. The first-order chi connectivity index (χ1) is 26.5. The number of rotatable bonds is 5. The number of furan rings is 1. The number of hydrogen-bond donors (Lipinski definition) is 0. The highest BCUT2D eigenvalue weighted by Crippen LogP contribution is 2.51. The van der Waals surface area contributed by atoms with Crippen LogP contribution >= 0.6 is 0 Å². The lowest BCUT2D eigenvalue weighted by Crippen LogP contribution is -2.16.